The number of carbonyl (C=O) groups excluding carboxylic acids is 1. The predicted molar refractivity (Wildman–Crippen MR) is 62.9 cm³/mol. The Balaban J connectivity index is 2.10. The summed E-state index contributed by atoms with van der Waals surface area (Å²) in [6.07, 6.45) is 1.87. The molecule has 0 bridgehead atoms. The van der Waals surface area contributed by atoms with Gasteiger partial charge in [0.05, 0.1) is 18.3 Å². The third kappa shape index (κ3) is 3.31. The van der Waals surface area contributed by atoms with E-state index in [1.165, 1.54) is 12.3 Å². The molecule has 0 aliphatic rings. The van der Waals surface area contributed by atoms with Crippen LogP contribution in [0.3, 0.4) is 0 Å². The van der Waals surface area contributed by atoms with Gasteiger partial charge in [-0.3, -0.25) is 9.78 Å². The Kier molecular flexibility index (Phi) is 3.79. The first-order valence-electron chi connectivity index (χ1n) is 5.39. The molecular weight excluding hydrogens is 257 g/mol. The van der Waals surface area contributed by atoms with E-state index in [9.17, 15) is 18.0 Å². The van der Waals surface area contributed by atoms with Crippen molar-refractivity contribution in [3.8, 4) is 0 Å². The van der Waals surface area contributed by atoms with Crippen molar-refractivity contribution in [1.82, 2.24) is 4.98 Å². The number of aromatic nitrogens is 1. The lowest BCUT2D eigenvalue weighted by Crippen LogP contribution is -2.16. The van der Waals surface area contributed by atoms with E-state index in [0.29, 0.717) is 0 Å². The van der Waals surface area contributed by atoms with Gasteiger partial charge in [0.15, 0.2) is 5.82 Å². The second-order valence-corrected chi connectivity index (χ2v) is 3.82. The Morgan fingerprint density at radius 2 is 1.95 bits per heavy atom. The maximum atomic E-state index is 13.3. The Bertz CT molecular complexity index is 617. The molecule has 1 heterocycles. The van der Waals surface area contributed by atoms with Crippen molar-refractivity contribution in [2.75, 3.05) is 5.32 Å². The molecule has 2 aromatic rings. The molecule has 2 rings (SSSR count). The van der Waals surface area contributed by atoms with Gasteiger partial charge in [-0.05, 0) is 24.3 Å². The first-order chi connectivity index (χ1) is 9.06. The van der Waals surface area contributed by atoms with Gasteiger partial charge >= 0.3 is 0 Å². The number of pyridine rings is 1. The zero-order valence-electron chi connectivity index (χ0n) is 9.66. The third-order valence-corrected chi connectivity index (χ3v) is 2.41. The number of nitrogens with zero attached hydrogens (tertiary/aromatic N) is 1. The van der Waals surface area contributed by atoms with Gasteiger partial charge in [0, 0.05) is 11.8 Å². The lowest BCUT2D eigenvalue weighted by molar-refractivity contribution is -0.115. The Labute approximate surface area is 107 Å². The van der Waals surface area contributed by atoms with E-state index < -0.39 is 23.4 Å². The molecule has 0 saturated carbocycles. The number of hydrogen-bond donors (Lipinski definition) is 1. The third-order valence-electron chi connectivity index (χ3n) is 2.41. The van der Waals surface area contributed by atoms with Crippen molar-refractivity contribution in [1.29, 1.82) is 0 Å². The zero-order valence-corrected chi connectivity index (χ0v) is 9.66. The van der Waals surface area contributed by atoms with E-state index in [1.807, 2.05) is 0 Å². The smallest absolute Gasteiger partial charge is 0.228 e. The second-order valence-electron chi connectivity index (χ2n) is 3.82. The maximum Gasteiger partial charge on any atom is 0.228 e. The number of anilines is 1. The first-order valence-corrected chi connectivity index (χ1v) is 5.39. The quantitative estimate of drug-likeness (QED) is 0.928. The van der Waals surface area contributed by atoms with Gasteiger partial charge in [0.2, 0.25) is 5.91 Å². The summed E-state index contributed by atoms with van der Waals surface area (Å²) in [6, 6.07) is 4.09. The fourth-order valence-electron chi connectivity index (χ4n) is 1.52. The van der Waals surface area contributed by atoms with Gasteiger partial charge in [0.1, 0.15) is 11.6 Å². The average Bonchev–Trinajstić information content (AvgIpc) is 2.37. The molecule has 1 N–H and O–H groups in total. The van der Waals surface area contributed by atoms with Crippen LogP contribution in [0.25, 0.3) is 0 Å². The molecule has 98 valence electrons. The highest BCUT2D eigenvalue weighted by Gasteiger charge is 2.11. The van der Waals surface area contributed by atoms with Crippen LogP contribution in [0.5, 0.6) is 0 Å². The zero-order chi connectivity index (χ0) is 13.8. The first kappa shape index (κ1) is 13.1. The number of halogens is 3. The van der Waals surface area contributed by atoms with Crippen molar-refractivity contribution < 1.29 is 18.0 Å². The van der Waals surface area contributed by atoms with Gasteiger partial charge < -0.3 is 5.32 Å². The van der Waals surface area contributed by atoms with Gasteiger partial charge in [-0.15, -0.1) is 0 Å². The minimum atomic E-state index is -0.699. The van der Waals surface area contributed by atoms with Crippen LogP contribution in [0.4, 0.5) is 18.9 Å². The fourth-order valence-corrected chi connectivity index (χ4v) is 1.52. The number of benzene rings is 1. The molecular formula is C13H9F3N2O. The fraction of sp³-hybridized carbons (Fsp3) is 0.0769. The topological polar surface area (TPSA) is 42.0 Å². The molecule has 19 heavy (non-hydrogen) atoms. The monoisotopic (exact) mass is 266 g/mol. The van der Waals surface area contributed by atoms with Crippen molar-refractivity contribution in [2.45, 2.75) is 6.42 Å². The minimum Gasteiger partial charge on any atom is -0.323 e. The highest BCUT2D eigenvalue weighted by atomic mass is 19.1. The number of rotatable bonds is 3. The summed E-state index contributed by atoms with van der Waals surface area (Å²) in [7, 11) is 0. The summed E-state index contributed by atoms with van der Waals surface area (Å²) in [5, 5.41) is 2.26. The molecule has 1 amide bonds. The Hall–Kier alpha value is -2.37. The van der Waals surface area contributed by atoms with Gasteiger partial charge in [0.25, 0.3) is 0 Å². The summed E-state index contributed by atoms with van der Waals surface area (Å²) in [5.41, 5.74) is -0.149. The summed E-state index contributed by atoms with van der Waals surface area (Å²) < 4.78 is 39.5. The van der Waals surface area contributed by atoms with E-state index in [1.54, 1.807) is 0 Å². The molecule has 0 aliphatic heterocycles. The molecule has 1 aromatic carbocycles. The summed E-state index contributed by atoms with van der Waals surface area (Å²) in [4.78, 5) is 15.1. The number of amides is 1. The lowest BCUT2D eigenvalue weighted by atomic mass is 10.1. The van der Waals surface area contributed by atoms with E-state index in [-0.39, 0.29) is 17.7 Å². The predicted octanol–water partition coefficient (Wildman–Crippen LogP) is 2.68. The largest absolute Gasteiger partial charge is 0.323 e. The molecule has 6 heteroatoms. The molecule has 0 saturated heterocycles. The van der Waals surface area contributed by atoms with Gasteiger partial charge in [-0.25, -0.2) is 13.2 Å². The second kappa shape index (κ2) is 5.51. The maximum absolute atomic E-state index is 13.3. The highest BCUT2D eigenvalue weighted by Crippen LogP contribution is 2.14. The normalized spacial score (nSPS) is 10.3. The van der Waals surface area contributed by atoms with Gasteiger partial charge in [-0.2, -0.15) is 0 Å². The number of nitrogens with one attached hydrogen (secondary N) is 1. The molecule has 1 aromatic heterocycles. The Morgan fingerprint density at radius 3 is 2.68 bits per heavy atom. The van der Waals surface area contributed by atoms with E-state index in [0.717, 1.165) is 24.4 Å². The van der Waals surface area contributed by atoms with Crippen LogP contribution >= 0.6 is 0 Å². The molecule has 0 aliphatic carbocycles. The van der Waals surface area contributed by atoms with Crippen LogP contribution in [0.2, 0.25) is 0 Å². The van der Waals surface area contributed by atoms with Crippen molar-refractivity contribution in [2.24, 2.45) is 0 Å². The van der Waals surface area contributed by atoms with E-state index in [2.05, 4.69) is 10.3 Å². The molecule has 0 radical (unpaired) electrons. The van der Waals surface area contributed by atoms with Crippen molar-refractivity contribution >= 4 is 11.6 Å². The Morgan fingerprint density at radius 1 is 1.16 bits per heavy atom. The minimum absolute atomic E-state index is 0.0585. The molecule has 0 unspecified atom stereocenters. The number of carbonyl (C=O) groups is 1. The van der Waals surface area contributed by atoms with Crippen molar-refractivity contribution in [3.63, 3.8) is 0 Å². The lowest BCUT2D eigenvalue weighted by Gasteiger charge is -2.06. The van der Waals surface area contributed by atoms with E-state index >= 15 is 0 Å². The van der Waals surface area contributed by atoms with Crippen LogP contribution < -0.4 is 5.32 Å². The molecule has 3 nitrogen and oxygen atoms in total. The summed E-state index contributed by atoms with van der Waals surface area (Å²) in [5.74, 6) is -2.67. The summed E-state index contributed by atoms with van der Waals surface area (Å²) >= 11 is 0. The van der Waals surface area contributed by atoms with Crippen LogP contribution in [-0.4, -0.2) is 10.9 Å². The number of hydrogen-bond acceptors (Lipinski definition) is 2. The molecule has 0 fully saturated rings. The van der Waals surface area contributed by atoms with Crippen LogP contribution in [-0.2, 0) is 11.2 Å². The standard InChI is InChI=1S/C13H9F3N2O/c14-9-1-2-10(15)8(5-9)6-13(19)18-12-3-4-17-7-11(12)16/h1-5,7H,6H2,(H,17,18,19). The highest BCUT2D eigenvalue weighted by molar-refractivity contribution is 5.92. The van der Waals surface area contributed by atoms with Crippen LogP contribution in [0.15, 0.2) is 36.7 Å². The van der Waals surface area contributed by atoms with Crippen LogP contribution in [0, 0.1) is 17.5 Å². The van der Waals surface area contributed by atoms with Crippen LogP contribution in [0.1, 0.15) is 5.56 Å². The summed E-state index contributed by atoms with van der Waals surface area (Å²) in [6.45, 7) is 0. The van der Waals surface area contributed by atoms with Gasteiger partial charge in [-0.1, -0.05) is 0 Å². The SMILES string of the molecule is O=C(Cc1cc(F)ccc1F)Nc1ccncc1F. The van der Waals surface area contributed by atoms with Crippen molar-refractivity contribution in [3.05, 3.63) is 59.7 Å². The van der Waals surface area contributed by atoms with E-state index in [4.69, 9.17) is 0 Å². The average molecular weight is 266 g/mol. The molecule has 0 spiro atoms. The molecule has 0 atom stereocenters.